The number of nitrogens with one attached hydrogen (secondary N) is 2. The molecule has 0 unspecified atom stereocenters. The summed E-state index contributed by atoms with van der Waals surface area (Å²) < 4.78 is 6.98. The fourth-order valence-electron chi connectivity index (χ4n) is 3.75. The van der Waals surface area contributed by atoms with Gasteiger partial charge in [0.2, 0.25) is 5.95 Å². The van der Waals surface area contributed by atoms with Gasteiger partial charge in [-0.15, -0.1) is 0 Å². The molecule has 0 saturated heterocycles. The maximum atomic E-state index is 12.7. The van der Waals surface area contributed by atoms with E-state index < -0.39 is 16.5 Å². The number of nitrogens with zero attached hydrogens (tertiary/aromatic N) is 6. The number of hydrogen-bond donors (Lipinski definition) is 2. The molecule has 160 valence electrons. The predicted molar refractivity (Wildman–Crippen MR) is 113 cm³/mol. The molecule has 2 aromatic carbocycles. The van der Waals surface area contributed by atoms with E-state index in [1.54, 1.807) is 24.3 Å². The normalized spacial score (nSPS) is 14.2. The molecule has 4 aromatic rings. The monoisotopic (exact) mass is 432 g/mol. The number of rotatable bonds is 5. The molecule has 3 heterocycles. The van der Waals surface area contributed by atoms with Gasteiger partial charge in [-0.1, -0.05) is 17.2 Å². The Bertz CT molecular complexity index is 1380. The second kappa shape index (κ2) is 7.58. The fraction of sp³-hybridized carbons (Fsp3) is 0.150. The number of ether oxygens (including phenoxy) is 1. The predicted octanol–water partition coefficient (Wildman–Crippen LogP) is 2.42. The molecule has 5 rings (SSSR count). The third kappa shape index (κ3) is 3.14. The topological polar surface area (TPSA) is 154 Å². The Kier molecular flexibility index (Phi) is 4.58. The number of benzene rings is 2. The van der Waals surface area contributed by atoms with Crippen LogP contribution in [0.5, 0.6) is 5.75 Å². The number of nitro groups is 1. The first-order valence-corrected chi connectivity index (χ1v) is 9.72. The van der Waals surface area contributed by atoms with Crippen molar-refractivity contribution in [2.75, 3.05) is 11.9 Å². The van der Waals surface area contributed by atoms with Crippen LogP contribution < -0.4 is 15.6 Å². The molecule has 32 heavy (non-hydrogen) atoms. The molecular weight excluding hydrogens is 416 g/mol. The third-order valence-corrected chi connectivity index (χ3v) is 5.10. The van der Waals surface area contributed by atoms with Crippen molar-refractivity contribution in [3.8, 4) is 17.0 Å². The van der Waals surface area contributed by atoms with E-state index in [0.717, 1.165) is 5.56 Å². The Morgan fingerprint density at radius 3 is 2.78 bits per heavy atom. The average Bonchev–Trinajstić information content (AvgIpc) is 3.27. The molecule has 0 aliphatic carbocycles. The summed E-state index contributed by atoms with van der Waals surface area (Å²) in [7, 11) is 0. The van der Waals surface area contributed by atoms with Crippen LogP contribution in [0, 0.1) is 10.1 Å². The number of hydrogen-bond acceptors (Lipinski definition) is 9. The summed E-state index contributed by atoms with van der Waals surface area (Å²) in [6.07, 6.45) is 0. The SMILES string of the molecule is CCOc1ccc(-c2n[nH]c(=O)c3c2[C@H](c2cccc([N+](=O)[O-])c2)n2nnnc2N3)cc1. The molecule has 0 radical (unpaired) electrons. The third-order valence-electron chi connectivity index (χ3n) is 5.10. The van der Waals surface area contributed by atoms with E-state index in [9.17, 15) is 14.9 Å². The van der Waals surface area contributed by atoms with Gasteiger partial charge in [0.25, 0.3) is 11.2 Å². The summed E-state index contributed by atoms with van der Waals surface area (Å²) in [5.74, 6) is 0.939. The van der Waals surface area contributed by atoms with Gasteiger partial charge < -0.3 is 10.1 Å². The second-order valence-corrected chi connectivity index (χ2v) is 6.97. The summed E-state index contributed by atoms with van der Waals surface area (Å²) in [5, 5.41) is 32.8. The van der Waals surface area contributed by atoms with Crippen molar-refractivity contribution in [2.24, 2.45) is 0 Å². The van der Waals surface area contributed by atoms with Crippen LogP contribution in [0.1, 0.15) is 24.1 Å². The molecule has 0 bridgehead atoms. The molecule has 2 N–H and O–H groups in total. The highest BCUT2D eigenvalue weighted by Gasteiger charge is 2.34. The molecule has 0 spiro atoms. The van der Waals surface area contributed by atoms with E-state index in [1.165, 1.54) is 16.8 Å². The highest BCUT2D eigenvalue weighted by molar-refractivity contribution is 5.75. The molecule has 1 aliphatic heterocycles. The molecule has 0 saturated carbocycles. The Hall–Kier alpha value is -4.61. The quantitative estimate of drug-likeness (QED) is 0.315. The number of non-ortho nitro benzene ring substituents is 1. The highest BCUT2D eigenvalue weighted by atomic mass is 16.6. The minimum Gasteiger partial charge on any atom is -0.494 e. The van der Waals surface area contributed by atoms with Crippen molar-refractivity contribution >= 4 is 17.3 Å². The molecule has 2 aromatic heterocycles. The maximum Gasteiger partial charge on any atom is 0.288 e. The maximum absolute atomic E-state index is 12.7. The zero-order valence-corrected chi connectivity index (χ0v) is 16.7. The molecular formula is C20H16N8O4. The Morgan fingerprint density at radius 2 is 2.03 bits per heavy atom. The van der Waals surface area contributed by atoms with Crippen LogP contribution in [-0.4, -0.2) is 41.9 Å². The van der Waals surface area contributed by atoms with Crippen LogP contribution in [0.4, 0.5) is 17.3 Å². The number of tetrazole rings is 1. The van der Waals surface area contributed by atoms with Crippen LogP contribution in [0.15, 0.2) is 53.3 Å². The van der Waals surface area contributed by atoms with Crippen LogP contribution in [0.25, 0.3) is 11.3 Å². The Morgan fingerprint density at radius 1 is 1.22 bits per heavy atom. The van der Waals surface area contributed by atoms with Gasteiger partial charge >= 0.3 is 0 Å². The molecule has 0 amide bonds. The molecule has 12 heteroatoms. The van der Waals surface area contributed by atoms with E-state index in [4.69, 9.17) is 4.74 Å². The molecule has 1 atom stereocenters. The number of fused-ring (bicyclic) bond motifs is 2. The average molecular weight is 432 g/mol. The van der Waals surface area contributed by atoms with Crippen molar-refractivity contribution in [3.05, 3.63) is 80.1 Å². The zero-order chi connectivity index (χ0) is 22.2. The number of anilines is 2. The van der Waals surface area contributed by atoms with Gasteiger partial charge in [-0.3, -0.25) is 14.9 Å². The summed E-state index contributed by atoms with van der Waals surface area (Å²) >= 11 is 0. The van der Waals surface area contributed by atoms with Gasteiger partial charge in [0.15, 0.2) is 0 Å². The van der Waals surface area contributed by atoms with Crippen molar-refractivity contribution in [1.82, 2.24) is 30.4 Å². The highest BCUT2D eigenvalue weighted by Crippen LogP contribution is 2.41. The van der Waals surface area contributed by atoms with E-state index in [0.29, 0.717) is 29.2 Å². The lowest BCUT2D eigenvalue weighted by atomic mass is 9.92. The van der Waals surface area contributed by atoms with Crippen molar-refractivity contribution in [3.63, 3.8) is 0 Å². The van der Waals surface area contributed by atoms with Crippen molar-refractivity contribution < 1.29 is 9.66 Å². The van der Waals surface area contributed by atoms with Crippen molar-refractivity contribution in [2.45, 2.75) is 13.0 Å². The molecule has 0 fully saturated rings. The fourth-order valence-corrected chi connectivity index (χ4v) is 3.75. The van der Waals surface area contributed by atoms with Gasteiger partial charge in [0.1, 0.15) is 17.5 Å². The smallest absolute Gasteiger partial charge is 0.288 e. The van der Waals surface area contributed by atoms with E-state index in [1.807, 2.05) is 19.1 Å². The van der Waals surface area contributed by atoms with E-state index in [-0.39, 0.29) is 17.3 Å². The lowest BCUT2D eigenvalue weighted by Gasteiger charge is -2.27. The van der Waals surface area contributed by atoms with Crippen LogP contribution in [0.2, 0.25) is 0 Å². The van der Waals surface area contributed by atoms with Gasteiger partial charge in [0.05, 0.1) is 17.2 Å². The standard InChI is InChI=1S/C20H16N8O4/c1-2-32-14-8-6-11(7-9-14)16-15-17(19(29)23-22-16)21-20-24-25-26-27(20)18(15)12-4-3-5-13(10-12)28(30)31/h3-10,18H,2H2,1H3,(H,23,29)(H,21,24,26)/t18-/m0/s1. The van der Waals surface area contributed by atoms with Gasteiger partial charge in [-0.2, -0.15) is 9.78 Å². The Balaban J connectivity index is 1.74. The number of H-pyrrole nitrogens is 1. The van der Waals surface area contributed by atoms with Gasteiger partial charge in [-0.05, 0) is 47.2 Å². The number of nitro benzene ring substituents is 1. The van der Waals surface area contributed by atoms with Crippen LogP contribution in [0.3, 0.4) is 0 Å². The van der Waals surface area contributed by atoms with E-state index >= 15 is 0 Å². The lowest BCUT2D eigenvalue weighted by Crippen LogP contribution is -2.29. The summed E-state index contributed by atoms with van der Waals surface area (Å²) in [6.45, 7) is 2.43. The molecule has 12 nitrogen and oxygen atoms in total. The number of aromatic amines is 1. The number of aromatic nitrogens is 6. The minimum atomic E-state index is -0.715. The largest absolute Gasteiger partial charge is 0.494 e. The van der Waals surface area contributed by atoms with Gasteiger partial charge in [-0.25, -0.2) is 5.10 Å². The Labute approximate surface area is 180 Å². The first-order chi connectivity index (χ1) is 15.6. The zero-order valence-electron chi connectivity index (χ0n) is 16.7. The van der Waals surface area contributed by atoms with Crippen LogP contribution >= 0.6 is 0 Å². The van der Waals surface area contributed by atoms with E-state index in [2.05, 4.69) is 31.0 Å². The van der Waals surface area contributed by atoms with Gasteiger partial charge in [0, 0.05) is 23.3 Å². The van der Waals surface area contributed by atoms with Crippen molar-refractivity contribution in [1.29, 1.82) is 0 Å². The van der Waals surface area contributed by atoms with Crippen LogP contribution in [-0.2, 0) is 0 Å². The first kappa shape index (κ1) is 19.4. The second-order valence-electron chi connectivity index (χ2n) is 6.97. The summed E-state index contributed by atoms with van der Waals surface area (Å²) in [4.78, 5) is 23.6. The minimum absolute atomic E-state index is 0.0855. The summed E-state index contributed by atoms with van der Waals surface area (Å²) in [6, 6.07) is 12.7. The lowest BCUT2D eigenvalue weighted by molar-refractivity contribution is -0.384. The molecule has 1 aliphatic rings. The summed E-state index contributed by atoms with van der Waals surface area (Å²) in [5.41, 5.74) is 1.91. The first-order valence-electron chi connectivity index (χ1n) is 9.72.